The lowest BCUT2D eigenvalue weighted by Gasteiger charge is -2.17. The van der Waals surface area contributed by atoms with Gasteiger partial charge in [0.2, 0.25) is 5.91 Å². The lowest BCUT2D eigenvalue weighted by Crippen LogP contribution is -2.26. The van der Waals surface area contributed by atoms with Gasteiger partial charge in [0, 0.05) is 29.7 Å². The lowest BCUT2D eigenvalue weighted by molar-refractivity contribution is -0.130. The average molecular weight is 343 g/mol. The second-order valence-corrected chi connectivity index (χ2v) is 7.01. The first-order valence-electron chi connectivity index (χ1n) is 7.90. The van der Waals surface area contributed by atoms with Crippen molar-refractivity contribution in [1.82, 2.24) is 24.5 Å². The molecule has 3 heterocycles. The third kappa shape index (κ3) is 3.17. The summed E-state index contributed by atoms with van der Waals surface area (Å²) in [5.74, 6) is 0.741. The maximum Gasteiger partial charge on any atom is 0.252 e. The van der Waals surface area contributed by atoms with Gasteiger partial charge in [-0.05, 0) is 49.8 Å². The molecule has 0 radical (unpaired) electrons. The van der Waals surface area contributed by atoms with Crippen LogP contribution in [-0.4, -0.2) is 37.4 Å². The van der Waals surface area contributed by atoms with Crippen LogP contribution < -0.4 is 0 Å². The number of hydrogen-bond donors (Lipinski definition) is 0. The molecule has 0 spiro atoms. The van der Waals surface area contributed by atoms with Gasteiger partial charge in [-0.3, -0.25) is 4.79 Å². The Morgan fingerprint density at radius 2 is 2.12 bits per heavy atom. The van der Waals surface area contributed by atoms with Gasteiger partial charge in [-0.25, -0.2) is 9.50 Å². The number of rotatable bonds is 5. The molecule has 0 atom stereocenters. The van der Waals surface area contributed by atoms with E-state index < -0.39 is 0 Å². The summed E-state index contributed by atoms with van der Waals surface area (Å²) in [5.41, 5.74) is 4.23. The van der Waals surface area contributed by atoms with E-state index in [1.807, 2.05) is 20.9 Å². The van der Waals surface area contributed by atoms with Crippen molar-refractivity contribution in [1.29, 1.82) is 0 Å². The van der Waals surface area contributed by atoms with Crippen molar-refractivity contribution >= 4 is 23.0 Å². The topological polar surface area (TPSA) is 63.4 Å². The van der Waals surface area contributed by atoms with Gasteiger partial charge in [-0.15, -0.1) is 11.3 Å². The number of amides is 1. The van der Waals surface area contributed by atoms with Gasteiger partial charge in [0.25, 0.3) is 5.78 Å². The molecule has 0 unspecified atom stereocenters. The Morgan fingerprint density at radius 1 is 1.33 bits per heavy atom. The highest BCUT2D eigenvalue weighted by Crippen LogP contribution is 2.19. The number of hydrogen-bond acceptors (Lipinski definition) is 5. The molecule has 0 fully saturated rings. The Bertz CT molecular complexity index is 882. The van der Waals surface area contributed by atoms with Crippen LogP contribution >= 0.6 is 11.3 Å². The molecule has 0 aliphatic heterocycles. The molecule has 3 aromatic heterocycles. The first-order valence-corrected chi connectivity index (χ1v) is 8.78. The molecule has 0 saturated carbocycles. The van der Waals surface area contributed by atoms with E-state index in [4.69, 9.17) is 0 Å². The van der Waals surface area contributed by atoms with Gasteiger partial charge in [-0.1, -0.05) is 0 Å². The molecule has 6 nitrogen and oxygen atoms in total. The molecule has 3 aromatic rings. The number of nitrogens with zero attached hydrogens (tertiary/aromatic N) is 5. The largest absolute Gasteiger partial charge is 0.341 e. The summed E-state index contributed by atoms with van der Waals surface area (Å²) in [7, 11) is 1.86. The summed E-state index contributed by atoms with van der Waals surface area (Å²) in [6.07, 6.45) is 2.62. The van der Waals surface area contributed by atoms with E-state index in [9.17, 15) is 4.79 Å². The molecule has 0 bridgehead atoms. The maximum atomic E-state index is 12.5. The van der Waals surface area contributed by atoms with Gasteiger partial charge in [0.05, 0.1) is 6.54 Å². The highest BCUT2D eigenvalue weighted by Gasteiger charge is 2.15. The van der Waals surface area contributed by atoms with Crippen LogP contribution in [0, 0.1) is 20.8 Å². The Morgan fingerprint density at radius 3 is 2.83 bits per heavy atom. The normalized spacial score (nSPS) is 11.2. The molecule has 0 aromatic carbocycles. The van der Waals surface area contributed by atoms with Crippen LogP contribution in [0.4, 0.5) is 0 Å². The van der Waals surface area contributed by atoms with Gasteiger partial charge in [0.15, 0.2) is 0 Å². The Balaban J connectivity index is 1.69. The standard InChI is InChI=1S/C17H21N5OS/c1-11-7-8-24-15(11)9-21(4)16(23)6-5-14-12(2)20-17-18-10-19-22(17)13(14)3/h7-8,10H,5-6,9H2,1-4H3. The zero-order chi connectivity index (χ0) is 17.3. The highest BCUT2D eigenvalue weighted by atomic mass is 32.1. The van der Waals surface area contributed by atoms with Crippen LogP contribution in [0.2, 0.25) is 0 Å². The fourth-order valence-electron chi connectivity index (χ4n) is 2.81. The van der Waals surface area contributed by atoms with E-state index in [2.05, 4.69) is 33.4 Å². The second kappa shape index (κ2) is 6.68. The van der Waals surface area contributed by atoms with Crippen molar-refractivity contribution in [2.24, 2.45) is 0 Å². The molecule has 0 aliphatic carbocycles. The van der Waals surface area contributed by atoms with Crippen LogP contribution in [0.25, 0.3) is 5.78 Å². The molecule has 7 heteroatoms. The van der Waals surface area contributed by atoms with Crippen LogP contribution in [-0.2, 0) is 17.8 Å². The zero-order valence-corrected chi connectivity index (χ0v) is 15.2. The van der Waals surface area contributed by atoms with E-state index in [0.29, 0.717) is 25.2 Å². The Labute approximate surface area is 145 Å². The summed E-state index contributed by atoms with van der Waals surface area (Å²) in [5, 5.41) is 6.26. The quantitative estimate of drug-likeness (QED) is 0.714. The van der Waals surface area contributed by atoms with Crippen LogP contribution in [0.5, 0.6) is 0 Å². The average Bonchev–Trinajstić information content (AvgIpc) is 3.16. The van der Waals surface area contributed by atoms with E-state index in [1.54, 1.807) is 20.8 Å². The summed E-state index contributed by atoms with van der Waals surface area (Å²) in [6.45, 7) is 6.70. The highest BCUT2D eigenvalue weighted by molar-refractivity contribution is 7.10. The first kappa shape index (κ1) is 16.6. The van der Waals surface area contributed by atoms with Crippen LogP contribution in [0.15, 0.2) is 17.8 Å². The number of aryl methyl sites for hydroxylation is 3. The maximum absolute atomic E-state index is 12.5. The SMILES string of the molecule is Cc1ccsc1CN(C)C(=O)CCc1c(C)nc2ncnn2c1C. The Hall–Kier alpha value is -2.28. The third-order valence-corrected chi connectivity index (χ3v) is 5.36. The van der Waals surface area contributed by atoms with Crippen molar-refractivity contribution in [2.75, 3.05) is 7.05 Å². The van der Waals surface area contributed by atoms with E-state index in [-0.39, 0.29) is 5.91 Å². The fourth-order valence-corrected chi connectivity index (χ4v) is 3.77. The molecular weight excluding hydrogens is 322 g/mol. The number of carbonyl (C=O) groups excluding carboxylic acids is 1. The fraction of sp³-hybridized carbons (Fsp3) is 0.412. The first-order chi connectivity index (χ1) is 11.5. The molecule has 24 heavy (non-hydrogen) atoms. The molecule has 1 amide bonds. The predicted molar refractivity (Wildman–Crippen MR) is 94.1 cm³/mol. The van der Waals surface area contributed by atoms with Crippen LogP contribution in [0.1, 0.15) is 33.8 Å². The second-order valence-electron chi connectivity index (χ2n) is 6.01. The number of fused-ring (bicyclic) bond motifs is 1. The monoisotopic (exact) mass is 343 g/mol. The van der Waals surface area contributed by atoms with Crippen molar-refractivity contribution in [2.45, 2.75) is 40.2 Å². The van der Waals surface area contributed by atoms with Crippen LogP contribution in [0.3, 0.4) is 0 Å². The van der Waals surface area contributed by atoms with Gasteiger partial charge in [0.1, 0.15) is 6.33 Å². The predicted octanol–water partition coefficient (Wildman–Crippen LogP) is 2.70. The van der Waals surface area contributed by atoms with Gasteiger partial charge >= 0.3 is 0 Å². The van der Waals surface area contributed by atoms with Gasteiger partial charge < -0.3 is 4.90 Å². The van der Waals surface area contributed by atoms with Crippen molar-refractivity contribution in [3.05, 3.63) is 45.2 Å². The van der Waals surface area contributed by atoms with E-state index >= 15 is 0 Å². The van der Waals surface area contributed by atoms with Crippen molar-refractivity contribution in [3.63, 3.8) is 0 Å². The number of thiophene rings is 1. The van der Waals surface area contributed by atoms with Crippen molar-refractivity contribution < 1.29 is 4.79 Å². The van der Waals surface area contributed by atoms with Crippen molar-refractivity contribution in [3.8, 4) is 0 Å². The summed E-state index contributed by atoms with van der Waals surface area (Å²) in [6, 6.07) is 2.09. The summed E-state index contributed by atoms with van der Waals surface area (Å²) >= 11 is 1.69. The number of aromatic nitrogens is 4. The summed E-state index contributed by atoms with van der Waals surface area (Å²) in [4.78, 5) is 24.1. The van der Waals surface area contributed by atoms with Gasteiger partial charge in [-0.2, -0.15) is 10.1 Å². The molecule has 0 aliphatic rings. The lowest BCUT2D eigenvalue weighted by atomic mass is 10.1. The minimum atomic E-state index is 0.139. The molecule has 0 N–H and O–H groups in total. The van der Waals surface area contributed by atoms with E-state index in [0.717, 1.165) is 17.0 Å². The minimum absolute atomic E-state index is 0.139. The zero-order valence-electron chi connectivity index (χ0n) is 14.4. The molecular formula is C17H21N5OS. The number of carbonyl (C=O) groups is 1. The molecule has 3 rings (SSSR count). The Kier molecular flexibility index (Phi) is 4.62. The minimum Gasteiger partial charge on any atom is -0.341 e. The third-order valence-electron chi connectivity index (χ3n) is 4.35. The molecule has 126 valence electrons. The molecule has 0 saturated heterocycles. The smallest absolute Gasteiger partial charge is 0.252 e. The summed E-state index contributed by atoms with van der Waals surface area (Å²) < 4.78 is 1.73. The van der Waals surface area contributed by atoms with E-state index in [1.165, 1.54) is 16.8 Å².